The molecule has 0 radical (unpaired) electrons. The van der Waals surface area contributed by atoms with Crippen LogP contribution in [-0.4, -0.2) is 5.91 Å². The average molecular weight is 397 g/mol. The van der Waals surface area contributed by atoms with Crippen LogP contribution in [-0.2, 0) is 0 Å². The van der Waals surface area contributed by atoms with Crippen molar-refractivity contribution < 1.29 is 9.21 Å². The van der Waals surface area contributed by atoms with Crippen LogP contribution in [0, 0.1) is 0 Å². The van der Waals surface area contributed by atoms with Crippen molar-refractivity contribution in [2.45, 2.75) is 26.2 Å². The lowest BCUT2D eigenvalue weighted by Gasteiger charge is -2.15. The van der Waals surface area contributed by atoms with Gasteiger partial charge in [0, 0.05) is 16.6 Å². The Balaban J connectivity index is 1.60. The van der Waals surface area contributed by atoms with Gasteiger partial charge in [0.05, 0.1) is 5.56 Å². The van der Waals surface area contributed by atoms with Gasteiger partial charge < -0.3 is 9.73 Å². The monoisotopic (exact) mass is 397 g/mol. The molecule has 1 N–H and O–H groups in total. The molecule has 4 aromatic rings. The van der Waals surface area contributed by atoms with Crippen LogP contribution in [0.5, 0.6) is 0 Å². The highest BCUT2D eigenvalue weighted by atomic mass is 16.4. The lowest BCUT2D eigenvalue weighted by Crippen LogP contribution is -2.14. The van der Waals surface area contributed by atoms with Gasteiger partial charge in [-0.15, -0.1) is 0 Å². The predicted octanol–water partition coefficient (Wildman–Crippen LogP) is 6.23. The highest BCUT2D eigenvalue weighted by molar-refractivity contribution is 6.05. The van der Waals surface area contributed by atoms with Gasteiger partial charge in [-0.1, -0.05) is 62.4 Å². The van der Waals surface area contributed by atoms with E-state index in [1.807, 2.05) is 48.5 Å². The molecule has 1 heterocycles. The number of hydrogen-bond acceptors (Lipinski definition) is 3. The van der Waals surface area contributed by atoms with Gasteiger partial charge in [0.25, 0.3) is 5.91 Å². The molecule has 0 saturated heterocycles. The smallest absolute Gasteiger partial charge is 0.344 e. The van der Waals surface area contributed by atoms with E-state index in [0.29, 0.717) is 28.2 Å². The van der Waals surface area contributed by atoms with Crippen LogP contribution in [0.1, 0.15) is 42.1 Å². The van der Waals surface area contributed by atoms with Crippen molar-refractivity contribution in [3.8, 4) is 11.1 Å². The van der Waals surface area contributed by atoms with Crippen LogP contribution in [0.25, 0.3) is 22.1 Å². The van der Waals surface area contributed by atoms with Gasteiger partial charge in [-0.25, -0.2) is 4.79 Å². The van der Waals surface area contributed by atoms with Gasteiger partial charge >= 0.3 is 5.63 Å². The molecule has 4 rings (SSSR count). The van der Waals surface area contributed by atoms with Gasteiger partial charge in [-0.05, 0) is 53.8 Å². The first kappa shape index (κ1) is 19.6. The molecule has 30 heavy (non-hydrogen) atoms. The number of carbonyl (C=O) groups is 1. The Morgan fingerprint density at radius 3 is 2.43 bits per heavy atom. The summed E-state index contributed by atoms with van der Waals surface area (Å²) in [6.45, 7) is 4.28. The first-order chi connectivity index (χ1) is 14.6. The van der Waals surface area contributed by atoms with Crippen molar-refractivity contribution in [3.63, 3.8) is 0 Å². The van der Waals surface area contributed by atoms with Crippen molar-refractivity contribution in [1.82, 2.24) is 0 Å². The number of nitrogens with one attached hydrogen (secondary N) is 1. The minimum Gasteiger partial charge on any atom is -0.422 e. The molecule has 0 bridgehead atoms. The number of benzene rings is 3. The van der Waals surface area contributed by atoms with Gasteiger partial charge in [0.2, 0.25) is 0 Å². The normalized spacial score (nSPS) is 11.9. The molecule has 150 valence electrons. The maximum atomic E-state index is 12.8. The third-order valence-corrected chi connectivity index (χ3v) is 5.45. The second kappa shape index (κ2) is 8.37. The van der Waals surface area contributed by atoms with Crippen molar-refractivity contribution in [2.75, 3.05) is 5.32 Å². The van der Waals surface area contributed by atoms with E-state index in [4.69, 9.17) is 4.42 Å². The summed E-state index contributed by atoms with van der Waals surface area (Å²) in [5, 5.41) is 3.87. The molecular formula is C26H23NO3. The molecular weight excluding hydrogens is 374 g/mol. The van der Waals surface area contributed by atoms with E-state index in [-0.39, 0.29) is 5.91 Å². The Morgan fingerprint density at radius 2 is 1.67 bits per heavy atom. The molecule has 0 fully saturated rings. The minimum absolute atomic E-state index is 0.178. The number of rotatable bonds is 5. The Labute approximate surface area is 175 Å². The first-order valence-corrected chi connectivity index (χ1v) is 10.1. The van der Waals surface area contributed by atoms with E-state index in [1.54, 1.807) is 30.3 Å². The number of para-hydroxylation sites is 2. The zero-order chi connectivity index (χ0) is 21.1. The molecule has 0 saturated carbocycles. The second-order valence-corrected chi connectivity index (χ2v) is 7.41. The fourth-order valence-corrected chi connectivity index (χ4v) is 3.52. The summed E-state index contributed by atoms with van der Waals surface area (Å²) < 4.78 is 5.42. The number of carbonyl (C=O) groups excluding carboxylic acids is 1. The zero-order valence-electron chi connectivity index (χ0n) is 17.0. The molecule has 1 amide bonds. The lowest BCUT2D eigenvalue weighted by atomic mass is 9.96. The number of anilines is 1. The van der Waals surface area contributed by atoms with Gasteiger partial charge in [-0.3, -0.25) is 4.79 Å². The highest BCUT2D eigenvalue weighted by Gasteiger charge is 2.13. The standard InChI is InChI=1S/C26H23NO3/c1-3-17(2)21-9-5-6-10-23(21)27-25(28)19-14-12-18(13-15-19)22-16-20-8-4-7-11-24(20)30-26(22)29/h4-17H,3H2,1-2H3,(H,27,28)/t17-/m0/s1. The molecule has 0 aliphatic carbocycles. The van der Waals surface area contributed by atoms with Gasteiger partial charge in [-0.2, -0.15) is 0 Å². The Morgan fingerprint density at radius 1 is 0.967 bits per heavy atom. The Kier molecular flexibility index (Phi) is 5.48. The summed E-state index contributed by atoms with van der Waals surface area (Å²) in [6.07, 6.45) is 0.996. The lowest BCUT2D eigenvalue weighted by molar-refractivity contribution is 0.102. The third-order valence-electron chi connectivity index (χ3n) is 5.45. The molecule has 1 atom stereocenters. The van der Waals surface area contributed by atoms with Gasteiger partial charge in [0.15, 0.2) is 0 Å². The minimum atomic E-state index is -0.395. The van der Waals surface area contributed by atoms with Crippen LogP contribution < -0.4 is 10.9 Å². The second-order valence-electron chi connectivity index (χ2n) is 7.41. The van der Waals surface area contributed by atoms with E-state index in [1.165, 1.54) is 0 Å². The average Bonchev–Trinajstić information content (AvgIpc) is 2.78. The molecule has 0 aliphatic heterocycles. The first-order valence-electron chi connectivity index (χ1n) is 10.1. The van der Waals surface area contributed by atoms with Crippen LogP contribution in [0.3, 0.4) is 0 Å². The molecule has 4 heteroatoms. The summed E-state index contributed by atoms with van der Waals surface area (Å²) in [7, 11) is 0. The Hall–Kier alpha value is -3.66. The largest absolute Gasteiger partial charge is 0.422 e. The van der Waals surface area contributed by atoms with Crippen LogP contribution in [0.15, 0.2) is 88.1 Å². The van der Waals surface area contributed by atoms with E-state index >= 15 is 0 Å². The SMILES string of the molecule is CC[C@H](C)c1ccccc1NC(=O)c1ccc(-c2cc3ccccc3oc2=O)cc1. The van der Waals surface area contributed by atoms with E-state index in [9.17, 15) is 9.59 Å². The summed E-state index contributed by atoms with van der Waals surface area (Å²) in [5.41, 5.74) is 3.84. The Bertz CT molecular complexity index is 1260. The quantitative estimate of drug-likeness (QED) is 0.406. The number of hydrogen-bond donors (Lipinski definition) is 1. The zero-order valence-corrected chi connectivity index (χ0v) is 17.0. The maximum Gasteiger partial charge on any atom is 0.344 e. The van der Waals surface area contributed by atoms with E-state index in [2.05, 4.69) is 19.2 Å². The van der Waals surface area contributed by atoms with Crippen LogP contribution in [0.4, 0.5) is 5.69 Å². The molecule has 0 aliphatic rings. The fraction of sp³-hybridized carbons (Fsp3) is 0.154. The summed E-state index contributed by atoms with van der Waals surface area (Å²) in [4.78, 5) is 25.2. The molecule has 3 aromatic carbocycles. The summed E-state index contributed by atoms with van der Waals surface area (Å²) in [6, 6.07) is 24.1. The molecule has 4 nitrogen and oxygen atoms in total. The molecule has 1 aromatic heterocycles. The van der Waals surface area contributed by atoms with Crippen molar-refractivity contribution in [3.05, 3.63) is 100 Å². The molecule has 0 spiro atoms. The summed E-state index contributed by atoms with van der Waals surface area (Å²) >= 11 is 0. The summed E-state index contributed by atoms with van der Waals surface area (Å²) in [5.74, 6) is 0.179. The van der Waals surface area contributed by atoms with Crippen LogP contribution >= 0.6 is 0 Å². The fourth-order valence-electron chi connectivity index (χ4n) is 3.52. The highest BCUT2D eigenvalue weighted by Crippen LogP contribution is 2.27. The number of fused-ring (bicyclic) bond motifs is 1. The van der Waals surface area contributed by atoms with Crippen molar-refractivity contribution in [2.24, 2.45) is 0 Å². The topological polar surface area (TPSA) is 59.3 Å². The van der Waals surface area contributed by atoms with Crippen molar-refractivity contribution >= 4 is 22.6 Å². The van der Waals surface area contributed by atoms with Crippen LogP contribution in [0.2, 0.25) is 0 Å². The van der Waals surface area contributed by atoms with E-state index in [0.717, 1.165) is 23.1 Å². The van der Waals surface area contributed by atoms with E-state index < -0.39 is 5.63 Å². The maximum absolute atomic E-state index is 12.8. The molecule has 0 unspecified atom stereocenters. The number of amides is 1. The predicted molar refractivity (Wildman–Crippen MR) is 121 cm³/mol. The van der Waals surface area contributed by atoms with Crippen molar-refractivity contribution in [1.29, 1.82) is 0 Å². The third kappa shape index (κ3) is 3.90. The van der Waals surface area contributed by atoms with Gasteiger partial charge in [0.1, 0.15) is 5.58 Å².